The van der Waals surface area contributed by atoms with Crippen molar-refractivity contribution < 1.29 is 23.1 Å². The van der Waals surface area contributed by atoms with Crippen LogP contribution in [0.4, 0.5) is 5.69 Å². The summed E-state index contributed by atoms with van der Waals surface area (Å²) in [5.41, 5.74) is 9.78. The van der Waals surface area contributed by atoms with Crippen LogP contribution in [-0.4, -0.2) is 37.1 Å². The van der Waals surface area contributed by atoms with Crippen LogP contribution in [0, 0.1) is 12.8 Å². The standard InChI is InChI=1S/C32H35NO5S/c1-20-15-27(38-26-11-13-39(36,37)14-12-26)17-24-4-2-3-22-6-5-21(16-29(22)31(20)24)19-33-25-9-7-23(8-10-25)28-18-30(28)32(34)35/h5-10,15-17,26,28,30,33H,2-4,11-14,18-19H2,1H3,(H,34,35). The zero-order valence-electron chi connectivity index (χ0n) is 22.3. The van der Waals surface area contributed by atoms with E-state index in [9.17, 15) is 18.3 Å². The van der Waals surface area contributed by atoms with Gasteiger partial charge >= 0.3 is 5.97 Å². The molecule has 2 atom stereocenters. The molecule has 0 spiro atoms. The Morgan fingerprint density at radius 2 is 1.74 bits per heavy atom. The summed E-state index contributed by atoms with van der Waals surface area (Å²) in [6, 6.07) is 19.2. The molecule has 2 fully saturated rings. The Kier molecular flexibility index (Phi) is 6.88. The van der Waals surface area contributed by atoms with E-state index in [1.807, 2.05) is 24.3 Å². The number of hydrogen-bond acceptors (Lipinski definition) is 5. The molecule has 204 valence electrons. The molecule has 0 bridgehead atoms. The number of benzene rings is 3. The molecule has 6 rings (SSSR count). The van der Waals surface area contributed by atoms with Gasteiger partial charge < -0.3 is 15.2 Å². The number of aliphatic carboxylic acids is 1. The van der Waals surface area contributed by atoms with Gasteiger partial charge in [0.2, 0.25) is 0 Å². The molecule has 39 heavy (non-hydrogen) atoms. The third-order valence-electron chi connectivity index (χ3n) is 8.47. The predicted octanol–water partition coefficient (Wildman–Crippen LogP) is 5.91. The number of fused-ring (bicyclic) bond motifs is 3. The normalized spacial score (nSPS) is 21.8. The van der Waals surface area contributed by atoms with Crippen LogP contribution in [0.15, 0.2) is 54.6 Å². The lowest BCUT2D eigenvalue weighted by Gasteiger charge is -2.24. The maximum Gasteiger partial charge on any atom is 0.307 e. The second kappa shape index (κ2) is 10.3. The third kappa shape index (κ3) is 5.69. The topological polar surface area (TPSA) is 92.7 Å². The first-order valence-corrected chi connectivity index (χ1v) is 15.8. The molecule has 2 unspecified atom stereocenters. The van der Waals surface area contributed by atoms with Gasteiger partial charge in [0.15, 0.2) is 9.84 Å². The van der Waals surface area contributed by atoms with E-state index in [1.54, 1.807) is 0 Å². The molecule has 3 aliphatic rings. The Morgan fingerprint density at radius 3 is 2.46 bits per heavy atom. The minimum atomic E-state index is -2.91. The Bertz CT molecular complexity index is 1500. The van der Waals surface area contributed by atoms with Crippen molar-refractivity contribution >= 4 is 21.5 Å². The maximum absolute atomic E-state index is 11.8. The van der Waals surface area contributed by atoms with Crippen molar-refractivity contribution in [1.82, 2.24) is 0 Å². The number of nitrogens with one attached hydrogen (secondary N) is 1. The Morgan fingerprint density at radius 1 is 1.00 bits per heavy atom. The highest BCUT2D eigenvalue weighted by molar-refractivity contribution is 7.91. The minimum absolute atomic E-state index is 0.0429. The van der Waals surface area contributed by atoms with Gasteiger partial charge in [-0.15, -0.1) is 0 Å². The lowest BCUT2D eigenvalue weighted by molar-refractivity contribution is -0.138. The maximum atomic E-state index is 11.8. The molecule has 3 aromatic rings. The second-order valence-electron chi connectivity index (χ2n) is 11.4. The number of anilines is 1. The van der Waals surface area contributed by atoms with Crippen molar-refractivity contribution in [3.63, 3.8) is 0 Å². The molecule has 1 saturated heterocycles. The summed E-state index contributed by atoms with van der Waals surface area (Å²) in [5, 5.41) is 12.7. The van der Waals surface area contributed by atoms with Crippen LogP contribution >= 0.6 is 0 Å². The van der Waals surface area contributed by atoms with E-state index in [1.165, 1.54) is 33.4 Å². The van der Waals surface area contributed by atoms with Gasteiger partial charge in [-0.1, -0.05) is 24.3 Å². The minimum Gasteiger partial charge on any atom is -0.490 e. The number of sulfone groups is 1. The highest BCUT2D eigenvalue weighted by Crippen LogP contribution is 2.47. The summed E-state index contributed by atoms with van der Waals surface area (Å²) in [4.78, 5) is 11.2. The molecular formula is C32H35NO5S. The number of carbonyl (C=O) groups is 1. The van der Waals surface area contributed by atoms with Crippen molar-refractivity contribution in [2.45, 2.75) is 64.0 Å². The molecule has 1 heterocycles. The Hall–Kier alpha value is -3.32. The number of aryl methyl sites for hydroxylation is 3. The van der Waals surface area contributed by atoms with Gasteiger partial charge in [0.05, 0.1) is 17.4 Å². The molecule has 0 radical (unpaired) electrons. The number of ether oxygens (including phenoxy) is 1. The van der Waals surface area contributed by atoms with Crippen LogP contribution in [-0.2, 0) is 34.0 Å². The lowest BCUT2D eigenvalue weighted by Crippen LogP contribution is -2.30. The van der Waals surface area contributed by atoms with Crippen LogP contribution in [0.25, 0.3) is 11.1 Å². The summed E-state index contributed by atoms with van der Waals surface area (Å²) >= 11 is 0. The zero-order chi connectivity index (χ0) is 27.1. The highest BCUT2D eigenvalue weighted by Gasteiger charge is 2.44. The summed E-state index contributed by atoms with van der Waals surface area (Å²) in [6.45, 7) is 2.85. The summed E-state index contributed by atoms with van der Waals surface area (Å²) in [6.07, 6.45) is 4.92. The first-order valence-electron chi connectivity index (χ1n) is 14.0. The van der Waals surface area contributed by atoms with Gasteiger partial charge in [-0.25, -0.2) is 8.42 Å². The smallest absolute Gasteiger partial charge is 0.307 e. The van der Waals surface area contributed by atoms with Crippen LogP contribution < -0.4 is 10.1 Å². The zero-order valence-corrected chi connectivity index (χ0v) is 23.1. The molecule has 7 heteroatoms. The van der Waals surface area contributed by atoms with E-state index in [2.05, 4.69) is 42.6 Å². The molecule has 2 aliphatic carbocycles. The van der Waals surface area contributed by atoms with Crippen LogP contribution in [0.3, 0.4) is 0 Å². The molecular weight excluding hydrogens is 510 g/mol. The van der Waals surface area contributed by atoms with Crippen molar-refractivity contribution in [3.05, 3.63) is 82.4 Å². The fourth-order valence-corrected chi connectivity index (χ4v) is 7.64. The van der Waals surface area contributed by atoms with Gasteiger partial charge in [-0.2, -0.15) is 0 Å². The van der Waals surface area contributed by atoms with Gasteiger partial charge in [-0.3, -0.25) is 4.79 Å². The molecule has 1 aliphatic heterocycles. The molecule has 1 saturated carbocycles. The molecule has 0 amide bonds. The number of rotatable bonds is 7. The lowest BCUT2D eigenvalue weighted by atomic mass is 9.91. The Labute approximate surface area is 230 Å². The van der Waals surface area contributed by atoms with Gasteiger partial charge in [0.1, 0.15) is 11.9 Å². The Balaban J connectivity index is 1.17. The van der Waals surface area contributed by atoms with Crippen LogP contribution in [0.2, 0.25) is 0 Å². The fraction of sp³-hybridized carbons (Fsp3) is 0.406. The summed E-state index contributed by atoms with van der Waals surface area (Å²) in [5.74, 6) is 0.482. The van der Waals surface area contributed by atoms with E-state index in [0.717, 1.165) is 42.7 Å². The van der Waals surface area contributed by atoms with Gasteiger partial charge in [0.25, 0.3) is 0 Å². The largest absolute Gasteiger partial charge is 0.490 e. The first-order chi connectivity index (χ1) is 18.8. The van der Waals surface area contributed by atoms with E-state index in [-0.39, 0.29) is 29.4 Å². The predicted molar refractivity (Wildman–Crippen MR) is 153 cm³/mol. The SMILES string of the molecule is Cc1cc(OC2CCS(=O)(=O)CC2)cc2c1-c1cc(CNc3ccc(C4CC4C(=O)O)cc3)ccc1CCC2. The second-order valence-corrected chi connectivity index (χ2v) is 13.7. The fourth-order valence-electron chi connectivity index (χ4n) is 6.20. The monoisotopic (exact) mass is 545 g/mol. The molecule has 2 N–H and O–H groups in total. The number of carboxylic acid groups (broad SMARTS) is 1. The van der Waals surface area contributed by atoms with Crippen molar-refractivity contribution in [1.29, 1.82) is 0 Å². The van der Waals surface area contributed by atoms with E-state index in [4.69, 9.17) is 4.74 Å². The quantitative estimate of drug-likeness (QED) is 0.384. The van der Waals surface area contributed by atoms with Crippen molar-refractivity contribution in [3.8, 4) is 16.9 Å². The van der Waals surface area contributed by atoms with E-state index in [0.29, 0.717) is 19.4 Å². The van der Waals surface area contributed by atoms with Gasteiger partial charge in [0, 0.05) is 12.2 Å². The molecule has 6 nitrogen and oxygen atoms in total. The van der Waals surface area contributed by atoms with Gasteiger partial charge in [-0.05, 0) is 121 Å². The molecule has 0 aromatic heterocycles. The van der Waals surface area contributed by atoms with Crippen LogP contribution in [0.1, 0.15) is 59.4 Å². The van der Waals surface area contributed by atoms with Crippen LogP contribution in [0.5, 0.6) is 5.75 Å². The summed E-state index contributed by atoms with van der Waals surface area (Å²) in [7, 11) is -2.91. The van der Waals surface area contributed by atoms with E-state index < -0.39 is 15.8 Å². The number of carboxylic acids is 1. The van der Waals surface area contributed by atoms with Crippen molar-refractivity contribution in [2.75, 3.05) is 16.8 Å². The third-order valence-corrected chi connectivity index (χ3v) is 10.2. The molecule has 3 aromatic carbocycles. The summed E-state index contributed by atoms with van der Waals surface area (Å²) < 4.78 is 29.9. The highest BCUT2D eigenvalue weighted by atomic mass is 32.2. The first kappa shape index (κ1) is 25.9. The van der Waals surface area contributed by atoms with E-state index >= 15 is 0 Å². The van der Waals surface area contributed by atoms with Crippen molar-refractivity contribution in [2.24, 2.45) is 5.92 Å². The average molecular weight is 546 g/mol. The number of hydrogen-bond donors (Lipinski definition) is 2. The average Bonchev–Trinajstić information content (AvgIpc) is 3.73.